The molecular formula is C13H17N5O2. The topological polar surface area (TPSA) is 92.9 Å². The minimum atomic E-state index is -1.01. The van der Waals surface area contributed by atoms with E-state index < -0.39 is 5.97 Å². The van der Waals surface area contributed by atoms with Crippen LogP contribution in [0.3, 0.4) is 0 Å². The first-order valence-electron chi connectivity index (χ1n) is 6.43. The number of nitrogens with one attached hydrogen (secondary N) is 1. The summed E-state index contributed by atoms with van der Waals surface area (Å²) in [5.41, 5.74) is 0.601. The van der Waals surface area contributed by atoms with Crippen LogP contribution in [0.25, 0.3) is 0 Å². The highest BCUT2D eigenvalue weighted by Gasteiger charge is 2.09. The van der Waals surface area contributed by atoms with E-state index in [1.165, 1.54) is 6.20 Å². The van der Waals surface area contributed by atoms with Gasteiger partial charge in [-0.2, -0.15) is 0 Å². The van der Waals surface area contributed by atoms with E-state index in [0.29, 0.717) is 11.6 Å². The van der Waals surface area contributed by atoms with Crippen molar-refractivity contribution >= 4 is 11.9 Å². The second-order valence-corrected chi connectivity index (χ2v) is 4.43. The molecule has 2 heterocycles. The van der Waals surface area contributed by atoms with Crippen LogP contribution in [-0.4, -0.2) is 37.1 Å². The average Bonchev–Trinajstić information content (AvgIpc) is 2.91. The van der Waals surface area contributed by atoms with Gasteiger partial charge in [0.15, 0.2) is 0 Å². The molecular weight excluding hydrogens is 258 g/mol. The molecule has 0 fully saturated rings. The van der Waals surface area contributed by atoms with E-state index in [1.807, 2.05) is 10.8 Å². The normalized spacial score (nSPS) is 10.4. The standard InChI is InChI=1S/C13H17N5O2/c1-10-11(12(19)20)8-16-13(17-10)15-4-2-3-6-18-7-5-14-9-18/h5,7-9H,2-4,6H2,1H3,(H,19,20)(H,15,16,17). The lowest BCUT2D eigenvalue weighted by Crippen LogP contribution is -2.10. The third-order valence-corrected chi connectivity index (χ3v) is 2.90. The fraction of sp³-hybridized carbons (Fsp3) is 0.385. The van der Waals surface area contributed by atoms with Crippen molar-refractivity contribution in [3.05, 3.63) is 36.2 Å². The summed E-state index contributed by atoms with van der Waals surface area (Å²) in [6.45, 7) is 3.34. The number of aryl methyl sites for hydroxylation is 2. The second kappa shape index (κ2) is 6.65. The van der Waals surface area contributed by atoms with Gasteiger partial charge in [-0.15, -0.1) is 0 Å². The van der Waals surface area contributed by atoms with Crippen LogP contribution in [0.1, 0.15) is 28.9 Å². The van der Waals surface area contributed by atoms with Gasteiger partial charge in [0, 0.05) is 31.7 Å². The Morgan fingerprint density at radius 1 is 1.45 bits per heavy atom. The number of unbranched alkanes of at least 4 members (excludes halogenated alkanes) is 1. The van der Waals surface area contributed by atoms with Crippen molar-refractivity contribution < 1.29 is 9.90 Å². The number of aromatic carboxylic acids is 1. The maximum absolute atomic E-state index is 10.8. The molecule has 0 aliphatic carbocycles. The van der Waals surface area contributed by atoms with Gasteiger partial charge in [0.2, 0.25) is 5.95 Å². The van der Waals surface area contributed by atoms with Gasteiger partial charge in [0.1, 0.15) is 0 Å². The molecule has 0 aliphatic heterocycles. The van der Waals surface area contributed by atoms with Crippen LogP contribution in [0, 0.1) is 6.92 Å². The molecule has 0 bridgehead atoms. The van der Waals surface area contributed by atoms with Crippen LogP contribution in [0.2, 0.25) is 0 Å². The van der Waals surface area contributed by atoms with Crippen LogP contribution in [0.4, 0.5) is 5.95 Å². The fourth-order valence-corrected chi connectivity index (χ4v) is 1.80. The smallest absolute Gasteiger partial charge is 0.339 e. The fourth-order valence-electron chi connectivity index (χ4n) is 1.80. The van der Waals surface area contributed by atoms with Gasteiger partial charge in [-0.3, -0.25) is 0 Å². The SMILES string of the molecule is Cc1nc(NCCCCn2ccnc2)ncc1C(=O)O. The zero-order valence-corrected chi connectivity index (χ0v) is 11.3. The molecule has 0 spiro atoms. The summed E-state index contributed by atoms with van der Waals surface area (Å²) in [5, 5.41) is 12.0. The lowest BCUT2D eigenvalue weighted by molar-refractivity contribution is 0.0695. The molecule has 0 unspecified atom stereocenters. The van der Waals surface area contributed by atoms with E-state index in [2.05, 4.69) is 20.3 Å². The van der Waals surface area contributed by atoms with Gasteiger partial charge >= 0.3 is 5.97 Å². The minimum absolute atomic E-state index is 0.135. The van der Waals surface area contributed by atoms with Gasteiger partial charge in [0.05, 0.1) is 17.6 Å². The number of carbonyl (C=O) groups is 1. The van der Waals surface area contributed by atoms with E-state index in [4.69, 9.17) is 5.11 Å². The van der Waals surface area contributed by atoms with E-state index >= 15 is 0 Å². The molecule has 0 radical (unpaired) electrons. The Balaban J connectivity index is 1.74. The molecule has 0 aliphatic rings. The maximum atomic E-state index is 10.8. The minimum Gasteiger partial charge on any atom is -0.478 e. The number of rotatable bonds is 7. The highest BCUT2D eigenvalue weighted by Crippen LogP contribution is 2.07. The summed E-state index contributed by atoms with van der Waals surface area (Å²) in [5.74, 6) is -0.537. The first kappa shape index (κ1) is 14.0. The van der Waals surface area contributed by atoms with E-state index in [9.17, 15) is 4.79 Å². The number of aromatic nitrogens is 4. The first-order chi connectivity index (χ1) is 9.66. The molecule has 106 valence electrons. The molecule has 2 N–H and O–H groups in total. The van der Waals surface area contributed by atoms with E-state index in [-0.39, 0.29) is 5.56 Å². The van der Waals surface area contributed by atoms with Crippen molar-refractivity contribution in [3.8, 4) is 0 Å². The highest BCUT2D eigenvalue weighted by atomic mass is 16.4. The third-order valence-electron chi connectivity index (χ3n) is 2.90. The summed E-state index contributed by atoms with van der Waals surface area (Å²) in [7, 11) is 0. The maximum Gasteiger partial charge on any atom is 0.339 e. The number of hydrogen-bond acceptors (Lipinski definition) is 5. The Morgan fingerprint density at radius 3 is 2.95 bits per heavy atom. The van der Waals surface area contributed by atoms with Crippen LogP contribution < -0.4 is 5.32 Å². The number of carboxylic acids is 1. The molecule has 2 aromatic heterocycles. The number of carboxylic acid groups (broad SMARTS) is 1. The quantitative estimate of drug-likeness (QED) is 0.745. The summed E-state index contributed by atoms with van der Waals surface area (Å²) < 4.78 is 2.03. The van der Waals surface area contributed by atoms with E-state index in [1.54, 1.807) is 19.4 Å². The molecule has 0 saturated heterocycles. The summed E-state index contributed by atoms with van der Waals surface area (Å²) in [6, 6.07) is 0. The van der Waals surface area contributed by atoms with Crippen molar-refractivity contribution in [1.82, 2.24) is 19.5 Å². The third kappa shape index (κ3) is 3.78. The monoisotopic (exact) mass is 275 g/mol. The molecule has 0 atom stereocenters. The lowest BCUT2D eigenvalue weighted by Gasteiger charge is -2.07. The predicted octanol–water partition coefficient (Wildman–Crippen LogP) is 1.57. The molecule has 0 amide bonds. The van der Waals surface area contributed by atoms with Crippen LogP contribution in [0.5, 0.6) is 0 Å². The Hall–Kier alpha value is -2.44. The van der Waals surface area contributed by atoms with Crippen molar-refractivity contribution in [1.29, 1.82) is 0 Å². The highest BCUT2D eigenvalue weighted by molar-refractivity contribution is 5.88. The molecule has 7 heteroatoms. The summed E-state index contributed by atoms with van der Waals surface area (Å²) >= 11 is 0. The lowest BCUT2D eigenvalue weighted by atomic mass is 10.2. The van der Waals surface area contributed by atoms with Crippen LogP contribution in [-0.2, 0) is 6.54 Å². The number of anilines is 1. The van der Waals surface area contributed by atoms with Gasteiger partial charge in [-0.05, 0) is 19.8 Å². The molecule has 2 aromatic rings. The predicted molar refractivity (Wildman–Crippen MR) is 73.7 cm³/mol. The molecule has 0 aromatic carbocycles. The average molecular weight is 275 g/mol. The molecule has 0 saturated carbocycles. The summed E-state index contributed by atoms with van der Waals surface area (Å²) in [6.07, 6.45) is 8.82. The van der Waals surface area contributed by atoms with Gasteiger partial charge in [0.25, 0.3) is 0 Å². The molecule has 20 heavy (non-hydrogen) atoms. The first-order valence-corrected chi connectivity index (χ1v) is 6.43. The van der Waals surface area contributed by atoms with E-state index in [0.717, 1.165) is 25.9 Å². The largest absolute Gasteiger partial charge is 0.478 e. The van der Waals surface area contributed by atoms with Crippen LogP contribution >= 0.6 is 0 Å². The van der Waals surface area contributed by atoms with Gasteiger partial charge in [-0.25, -0.2) is 19.7 Å². The van der Waals surface area contributed by atoms with Crippen molar-refractivity contribution in [2.75, 3.05) is 11.9 Å². The zero-order valence-electron chi connectivity index (χ0n) is 11.3. The van der Waals surface area contributed by atoms with Gasteiger partial charge in [-0.1, -0.05) is 0 Å². The van der Waals surface area contributed by atoms with Crippen molar-refractivity contribution in [2.24, 2.45) is 0 Å². The second-order valence-electron chi connectivity index (χ2n) is 4.43. The zero-order chi connectivity index (χ0) is 14.4. The van der Waals surface area contributed by atoms with Crippen molar-refractivity contribution in [3.63, 3.8) is 0 Å². The number of hydrogen-bond donors (Lipinski definition) is 2. The Bertz CT molecular complexity index is 568. The number of nitrogens with zero attached hydrogens (tertiary/aromatic N) is 4. The Labute approximate surface area is 116 Å². The summed E-state index contributed by atoms with van der Waals surface area (Å²) in [4.78, 5) is 22.9. The Kier molecular flexibility index (Phi) is 4.65. The number of imidazole rings is 1. The van der Waals surface area contributed by atoms with Crippen LogP contribution in [0.15, 0.2) is 24.9 Å². The van der Waals surface area contributed by atoms with Gasteiger partial charge < -0.3 is 15.0 Å². The van der Waals surface area contributed by atoms with Crippen molar-refractivity contribution in [2.45, 2.75) is 26.3 Å². The Morgan fingerprint density at radius 2 is 2.30 bits per heavy atom. The molecule has 7 nitrogen and oxygen atoms in total. The molecule has 2 rings (SSSR count).